The number of hydrogen-bond acceptors (Lipinski definition) is 4. The Balaban J connectivity index is 2.40. The van der Waals surface area contributed by atoms with Gasteiger partial charge in [-0.1, -0.05) is 46.0 Å². The number of nitrogens with one attached hydrogen (secondary N) is 1. The Hall–Kier alpha value is -2.08. The molecule has 0 aliphatic rings. The number of nitrogens with two attached hydrogens (primary N) is 1. The zero-order valence-electron chi connectivity index (χ0n) is 16.8. The fourth-order valence-electron chi connectivity index (χ4n) is 2.80. The molecule has 0 bridgehead atoms. The van der Waals surface area contributed by atoms with E-state index in [1.807, 2.05) is 0 Å². The molecule has 0 heterocycles. The quantitative estimate of drug-likeness (QED) is 0.447. The Kier molecular flexibility index (Phi) is 9.86. The van der Waals surface area contributed by atoms with E-state index >= 15 is 0 Å². The molecule has 1 amide bonds. The third kappa shape index (κ3) is 8.91. The zero-order valence-corrected chi connectivity index (χ0v) is 16.8. The number of carbonyl (C=O) groups excluding carboxylic acids is 1. The molecule has 4 N–H and O–H groups in total. The topological polar surface area (TPSA) is 102 Å². The highest BCUT2D eigenvalue weighted by Crippen LogP contribution is 2.20. The van der Waals surface area contributed by atoms with Gasteiger partial charge in [0, 0.05) is 5.69 Å². The molecule has 1 rings (SSSR count). The minimum Gasteiger partial charge on any atom is -0.494 e. The van der Waals surface area contributed by atoms with Gasteiger partial charge in [0.25, 0.3) is 0 Å². The first-order chi connectivity index (χ1) is 12.8. The van der Waals surface area contributed by atoms with Crippen molar-refractivity contribution in [2.24, 2.45) is 11.7 Å². The number of benzene rings is 1. The molecule has 1 aromatic rings. The largest absolute Gasteiger partial charge is 0.494 e. The van der Waals surface area contributed by atoms with Crippen LogP contribution in [-0.4, -0.2) is 29.1 Å². The summed E-state index contributed by atoms with van der Waals surface area (Å²) < 4.78 is 5.72. The monoisotopic (exact) mass is 378 g/mol. The van der Waals surface area contributed by atoms with E-state index < -0.39 is 23.3 Å². The summed E-state index contributed by atoms with van der Waals surface area (Å²) in [5.74, 6) is -1.30. The van der Waals surface area contributed by atoms with E-state index in [-0.39, 0.29) is 6.42 Å². The maximum Gasteiger partial charge on any atom is 0.306 e. The van der Waals surface area contributed by atoms with Crippen molar-refractivity contribution >= 4 is 17.6 Å². The second kappa shape index (κ2) is 11.6. The van der Waals surface area contributed by atoms with E-state index in [9.17, 15) is 9.59 Å². The molecule has 2 atom stereocenters. The first-order valence-electron chi connectivity index (χ1n) is 9.82. The predicted octanol–water partition coefficient (Wildman–Crippen LogP) is 4.19. The molecule has 0 aliphatic heterocycles. The summed E-state index contributed by atoms with van der Waals surface area (Å²) in [4.78, 5) is 23.3. The highest BCUT2D eigenvalue weighted by Gasteiger charge is 2.32. The Morgan fingerprint density at radius 2 is 1.74 bits per heavy atom. The van der Waals surface area contributed by atoms with Crippen molar-refractivity contribution in [1.82, 2.24) is 0 Å². The number of anilines is 1. The average Bonchev–Trinajstić information content (AvgIpc) is 2.61. The molecule has 0 saturated carbocycles. The van der Waals surface area contributed by atoms with Crippen molar-refractivity contribution < 1.29 is 19.4 Å². The van der Waals surface area contributed by atoms with Crippen LogP contribution in [0.5, 0.6) is 5.75 Å². The van der Waals surface area contributed by atoms with Crippen LogP contribution in [0.15, 0.2) is 24.3 Å². The summed E-state index contributed by atoms with van der Waals surface area (Å²) in [6, 6.07) is 7.12. The lowest BCUT2D eigenvalue weighted by atomic mass is 9.90. The van der Waals surface area contributed by atoms with Crippen molar-refractivity contribution in [2.75, 3.05) is 11.9 Å². The van der Waals surface area contributed by atoms with Gasteiger partial charge in [0.2, 0.25) is 5.91 Å². The second-order valence-corrected chi connectivity index (χ2v) is 7.46. The van der Waals surface area contributed by atoms with E-state index in [0.717, 1.165) is 12.2 Å². The second-order valence-electron chi connectivity index (χ2n) is 7.46. The maximum atomic E-state index is 12.3. The predicted molar refractivity (Wildman–Crippen MR) is 108 cm³/mol. The number of aliphatic carboxylic acids is 1. The van der Waals surface area contributed by atoms with E-state index in [2.05, 4.69) is 12.2 Å². The van der Waals surface area contributed by atoms with Crippen molar-refractivity contribution in [3.8, 4) is 5.75 Å². The third-order valence-corrected chi connectivity index (χ3v) is 4.55. The molecule has 0 aliphatic carbocycles. The van der Waals surface area contributed by atoms with E-state index in [4.69, 9.17) is 15.6 Å². The lowest BCUT2D eigenvalue weighted by Gasteiger charge is -2.25. The summed E-state index contributed by atoms with van der Waals surface area (Å²) in [6.07, 6.45) is 7.37. The lowest BCUT2D eigenvalue weighted by molar-refractivity contribution is -0.142. The smallest absolute Gasteiger partial charge is 0.306 e. The van der Waals surface area contributed by atoms with Crippen LogP contribution in [0.25, 0.3) is 0 Å². The van der Waals surface area contributed by atoms with Gasteiger partial charge in [-0.2, -0.15) is 0 Å². The number of carbonyl (C=O) groups is 2. The van der Waals surface area contributed by atoms with Gasteiger partial charge in [0.05, 0.1) is 18.1 Å². The van der Waals surface area contributed by atoms with Crippen LogP contribution < -0.4 is 15.8 Å². The summed E-state index contributed by atoms with van der Waals surface area (Å²) in [6.45, 7) is 5.97. The number of unbranched alkanes of at least 4 members (excludes halogenated alkanes) is 5. The molecular weight excluding hydrogens is 344 g/mol. The first-order valence-corrected chi connectivity index (χ1v) is 9.82. The van der Waals surface area contributed by atoms with Crippen LogP contribution in [0.4, 0.5) is 5.69 Å². The number of hydrogen-bond donors (Lipinski definition) is 3. The Morgan fingerprint density at radius 3 is 2.33 bits per heavy atom. The molecule has 1 aromatic carbocycles. The van der Waals surface area contributed by atoms with Gasteiger partial charge in [0.15, 0.2) is 0 Å². The number of carboxylic acid groups (broad SMARTS) is 1. The van der Waals surface area contributed by atoms with Crippen molar-refractivity contribution in [3.05, 3.63) is 24.3 Å². The van der Waals surface area contributed by atoms with Crippen LogP contribution in [0, 0.1) is 5.92 Å². The van der Waals surface area contributed by atoms with Gasteiger partial charge in [0.1, 0.15) is 5.75 Å². The Morgan fingerprint density at radius 1 is 1.15 bits per heavy atom. The molecule has 1 unspecified atom stereocenters. The summed E-state index contributed by atoms with van der Waals surface area (Å²) in [5.41, 5.74) is 5.35. The van der Waals surface area contributed by atoms with Crippen molar-refractivity contribution in [1.29, 1.82) is 0 Å². The van der Waals surface area contributed by atoms with Gasteiger partial charge in [-0.25, -0.2) is 0 Å². The lowest BCUT2D eigenvalue weighted by Crippen LogP contribution is -2.50. The van der Waals surface area contributed by atoms with Crippen molar-refractivity contribution in [3.63, 3.8) is 0 Å². The first kappa shape index (κ1) is 23.0. The van der Waals surface area contributed by atoms with E-state index in [0.29, 0.717) is 12.3 Å². The maximum absolute atomic E-state index is 12.3. The molecule has 6 heteroatoms. The number of amides is 1. The minimum atomic E-state index is -1.26. The highest BCUT2D eigenvalue weighted by atomic mass is 16.5. The molecule has 0 aromatic heterocycles. The van der Waals surface area contributed by atoms with Gasteiger partial charge in [-0.05, 0) is 44.0 Å². The molecule has 152 valence electrons. The van der Waals surface area contributed by atoms with Crippen LogP contribution >= 0.6 is 0 Å². The van der Waals surface area contributed by atoms with Gasteiger partial charge in [-0.3, -0.25) is 9.59 Å². The third-order valence-electron chi connectivity index (χ3n) is 4.55. The molecule has 0 spiro atoms. The average molecular weight is 379 g/mol. The molecular formula is C21H34N2O4. The molecule has 0 radical (unpaired) electrons. The Labute approximate surface area is 162 Å². The molecule has 0 saturated heterocycles. The fourth-order valence-corrected chi connectivity index (χ4v) is 2.80. The van der Waals surface area contributed by atoms with Crippen LogP contribution in [0.2, 0.25) is 0 Å². The zero-order chi connectivity index (χ0) is 20.3. The van der Waals surface area contributed by atoms with E-state index in [1.54, 1.807) is 31.2 Å². The summed E-state index contributed by atoms with van der Waals surface area (Å²) in [5, 5.41) is 11.7. The van der Waals surface area contributed by atoms with Crippen molar-refractivity contribution in [2.45, 2.75) is 71.3 Å². The number of ether oxygens (including phenoxy) is 1. The van der Waals surface area contributed by atoms with Crippen LogP contribution in [-0.2, 0) is 9.59 Å². The summed E-state index contributed by atoms with van der Waals surface area (Å²) >= 11 is 0. The SMILES string of the molecule is CCCCCCCCOc1ccc(NC(=O)C(C)(N)C[C@H](C)C(=O)O)cc1. The normalized spacial score (nSPS) is 14.2. The number of carboxylic acids is 1. The molecule has 27 heavy (non-hydrogen) atoms. The number of rotatable bonds is 13. The standard InChI is InChI=1S/C21H34N2O4/c1-4-5-6-7-8-9-14-27-18-12-10-17(11-13-18)23-20(26)21(3,22)15-16(2)19(24)25/h10-13,16H,4-9,14-15,22H2,1-3H3,(H,23,26)(H,24,25)/t16-,21?/m0/s1. The molecule has 0 fully saturated rings. The highest BCUT2D eigenvalue weighted by molar-refractivity contribution is 5.98. The fraction of sp³-hybridized carbons (Fsp3) is 0.619. The van der Waals surface area contributed by atoms with Gasteiger partial charge >= 0.3 is 5.97 Å². The molecule has 6 nitrogen and oxygen atoms in total. The van der Waals surface area contributed by atoms with E-state index in [1.165, 1.54) is 39.0 Å². The minimum absolute atomic E-state index is 0.0631. The summed E-state index contributed by atoms with van der Waals surface area (Å²) in [7, 11) is 0. The van der Waals surface area contributed by atoms with Crippen LogP contribution in [0.1, 0.15) is 65.7 Å². The van der Waals surface area contributed by atoms with Crippen LogP contribution in [0.3, 0.4) is 0 Å². The Bertz CT molecular complexity index is 584. The van der Waals surface area contributed by atoms with Gasteiger partial charge < -0.3 is 20.9 Å². The van der Waals surface area contributed by atoms with Gasteiger partial charge in [-0.15, -0.1) is 0 Å².